The van der Waals surface area contributed by atoms with E-state index < -0.39 is 0 Å². The van der Waals surface area contributed by atoms with Crippen LogP contribution in [0.3, 0.4) is 0 Å². The summed E-state index contributed by atoms with van der Waals surface area (Å²) in [6.07, 6.45) is 5.44. The van der Waals surface area contributed by atoms with Crippen LogP contribution in [-0.2, 0) is 16.6 Å². The summed E-state index contributed by atoms with van der Waals surface area (Å²) >= 11 is 0. The average molecular weight is 267 g/mol. The van der Waals surface area contributed by atoms with Crippen LogP contribution >= 0.6 is 0 Å². The molecular formula is C15H13N3O2. The first-order valence-electron chi connectivity index (χ1n) is 6.40. The van der Waals surface area contributed by atoms with E-state index in [1.54, 1.807) is 12.5 Å². The van der Waals surface area contributed by atoms with Crippen molar-refractivity contribution in [1.29, 1.82) is 0 Å². The third kappa shape index (κ3) is 1.32. The number of hydrogen-bond donors (Lipinski definition) is 0. The number of methoxy groups -OCH3 is 1. The van der Waals surface area contributed by atoms with Crippen LogP contribution in [0.4, 0.5) is 0 Å². The monoisotopic (exact) mass is 267 g/mol. The first-order valence-corrected chi connectivity index (χ1v) is 6.40. The van der Waals surface area contributed by atoms with Crippen molar-refractivity contribution in [1.82, 2.24) is 14.1 Å². The molecule has 5 heteroatoms. The fraction of sp³-hybridized carbons (Fsp3) is 0.200. The largest absolute Gasteiger partial charge is 0.468 e. The molecule has 4 rings (SSSR count). The first kappa shape index (κ1) is 11.3. The van der Waals surface area contributed by atoms with Gasteiger partial charge in [-0.2, -0.15) is 0 Å². The summed E-state index contributed by atoms with van der Waals surface area (Å²) < 4.78 is 8.88. The van der Waals surface area contributed by atoms with Crippen LogP contribution in [-0.4, -0.2) is 27.2 Å². The molecule has 1 aliphatic carbocycles. The van der Waals surface area contributed by atoms with Crippen LogP contribution in [0.25, 0.3) is 16.6 Å². The van der Waals surface area contributed by atoms with Crippen molar-refractivity contribution in [3.05, 3.63) is 48.2 Å². The summed E-state index contributed by atoms with van der Waals surface area (Å²) in [5, 5.41) is 1.13. The van der Waals surface area contributed by atoms with E-state index in [-0.39, 0.29) is 11.9 Å². The molecule has 0 bridgehead atoms. The number of carbonyl (C=O) groups is 1. The average Bonchev–Trinajstić information content (AvgIpc) is 2.83. The van der Waals surface area contributed by atoms with Gasteiger partial charge in [0, 0.05) is 41.8 Å². The van der Waals surface area contributed by atoms with Gasteiger partial charge >= 0.3 is 5.97 Å². The molecular weight excluding hydrogens is 254 g/mol. The van der Waals surface area contributed by atoms with Gasteiger partial charge in [0.25, 0.3) is 0 Å². The molecule has 1 atom stereocenters. The Morgan fingerprint density at radius 2 is 2.25 bits per heavy atom. The molecule has 0 radical (unpaired) electrons. The van der Waals surface area contributed by atoms with Crippen molar-refractivity contribution in [3.63, 3.8) is 0 Å². The van der Waals surface area contributed by atoms with Gasteiger partial charge in [-0.25, -0.2) is 4.98 Å². The SMILES string of the molecule is COC(=O)C1c2c1n(C)c1cc(-n3ccnc3)ccc21. The number of fused-ring (bicyclic) bond motifs is 3. The molecule has 1 aliphatic rings. The maximum absolute atomic E-state index is 11.7. The normalized spacial score (nSPS) is 16.2. The lowest BCUT2D eigenvalue weighted by molar-refractivity contribution is -0.140. The quantitative estimate of drug-likeness (QED) is 0.667. The molecule has 100 valence electrons. The van der Waals surface area contributed by atoms with Crippen LogP contribution in [0.2, 0.25) is 0 Å². The highest BCUT2D eigenvalue weighted by atomic mass is 16.5. The van der Waals surface area contributed by atoms with Gasteiger partial charge in [-0.15, -0.1) is 0 Å². The van der Waals surface area contributed by atoms with Gasteiger partial charge in [-0.05, 0) is 12.1 Å². The van der Waals surface area contributed by atoms with E-state index in [4.69, 9.17) is 4.74 Å². The van der Waals surface area contributed by atoms with Gasteiger partial charge in [0.05, 0.1) is 19.0 Å². The third-order valence-electron chi connectivity index (χ3n) is 3.99. The van der Waals surface area contributed by atoms with Gasteiger partial charge in [-0.1, -0.05) is 6.07 Å². The molecule has 2 heterocycles. The van der Waals surface area contributed by atoms with Gasteiger partial charge in [0.15, 0.2) is 0 Å². The molecule has 20 heavy (non-hydrogen) atoms. The highest BCUT2D eigenvalue weighted by Gasteiger charge is 2.46. The lowest BCUT2D eigenvalue weighted by Gasteiger charge is -2.07. The molecule has 0 N–H and O–H groups in total. The predicted molar refractivity (Wildman–Crippen MR) is 73.9 cm³/mol. The van der Waals surface area contributed by atoms with Crippen LogP contribution in [0, 0.1) is 0 Å². The van der Waals surface area contributed by atoms with Crippen molar-refractivity contribution in [2.75, 3.05) is 7.11 Å². The van der Waals surface area contributed by atoms with Crippen LogP contribution in [0.1, 0.15) is 17.2 Å². The summed E-state index contributed by atoms with van der Waals surface area (Å²) in [6, 6.07) is 6.21. The number of rotatable bonds is 2. The summed E-state index contributed by atoms with van der Waals surface area (Å²) in [7, 11) is 3.42. The molecule has 0 amide bonds. The molecule has 1 aromatic carbocycles. The second-order valence-corrected chi connectivity index (χ2v) is 4.99. The van der Waals surface area contributed by atoms with E-state index in [2.05, 4.69) is 21.7 Å². The standard InChI is InChI=1S/C15H13N3O2/c1-17-11-7-9(18-6-5-16-8-18)3-4-10(11)12-13(14(12)17)15(19)20-2/h3-8,13H,1-2H3. The number of hydrogen-bond acceptors (Lipinski definition) is 3. The topological polar surface area (TPSA) is 49.0 Å². The summed E-state index contributed by atoms with van der Waals surface area (Å²) in [5.74, 6) is -0.345. The lowest BCUT2D eigenvalue weighted by atomic mass is 10.1. The first-order chi connectivity index (χ1) is 9.72. The zero-order valence-corrected chi connectivity index (χ0v) is 11.2. The number of nitrogens with zero attached hydrogens (tertiary/aromatic N) is 3. The Kier molecular flexibility index (Phi) is 2.10. The summed E-state index contributed by atoms with van der Waals surface area (Å²) in [5.41, 5.74) is 4.35. The number of esters is 1. The van der Waals surface area contributed by atoms with Crippen molar-refractivity contribution < 1.29 is 9.53 Å². The maximum Gasteiger partial charge on any atom is 0.319 e. The Morgan fingerprint density at radius 1 is 1.40 bits per heavy atom. The fourth-order valence-electron chi connectivity index (χ4n) is 2.95. The Labute approximate surface area is 115 Å². The molecule has 0 spiro atoms. The number of aromatic nitrogens is 3. The number of carbonyl (C=O) groups excluding carboxylic acids is 1. The number of ether oxygens (including phenoxy) is 1. The molecule has 0 saturated carbocycles. The molecule has 5 nitrogen and oxygen atoms in total. The number of benzene rings is 1. The Hall–Kier alpha value is -2.56. The molecule has 0 fully saturated rings. The van der Waals surface area contributed by atoms with E-state index >= 15 is 0 Å². The van der Waals surface area contributed by atoms with E-state index in [1.807, 2.05) is 23.9 Å². The fourth-order valence-corrected chi connectivity index (χ4v) is 2.95. The molecule has 0 saturated heterocycles. The van der Waals surface area contributed by atoms with Crippen LogP contribution in [0.15, 0.2) is 36.9 Å². The van der Waals surface area contributed by atoms with Crippen molar-refractivity contribution in [2.45, 2.75) is 5.92 Å². The smallest absolute Gasteiger partial charge is 0.319 e. The second kappa shape index (κ2) is 3.72. The third-order valence-corrected chi connectivity index (χ3v) is 3.99. The van der Waals surface area contributed by atoms with Crippen molar-refractivity contribution in [2.24, 2.45) is 7.05 Å². The minimum atomic E-state index is -0.175. The summed E-state index contributed by atoms with van der Waals surface area (Å²) in [4.78, 5) is 15.8. The van der Waals surface area contributed by atoms with E-state index in [0.29, 0.717) is 0 Å². The molecule has 1 unspecified atom stereocenters. The molecule has 3 aromatic rings. The number of aryl methyl sites for hydroxylation is 1. The van der Waals surface area contributed by atoms with E-state index in [9.17, 15) is 4.79 Å². The minimum absolute atomic E-state index is 0.170. The minimum Gasteiger partial charge on any atom is -0.468 e. The summed E-state index contributed by atoms with van der Waals surface area (Å²) in [6.45, 7) is 0. The highest BCUT2D eigenvalue weighted by molar-refractivity contribution is 6.02. The van der Waals surface area contributed by atoms with Crippen molar-refractivity contribution in [3.8, 4) is 5.69 Å². The Morgan fingerprint density at radius 3 is 2.95 bits per heavy atom. The Bertz CT molecular complexity index is 831. The van der Waals surface area contributed by atoms with Crippen LogP contribution in [0.5, 0.6) is 0 Å². The van der Waals surface area contributed by atoms with Gasteiger partial charge in [0.1, 0.15) is 5.92 Å². The van der Waals surface area contributed by atoms with Gasteiger partial charge in [0.2, 0.25) is 0 Å². The maximum atomic E-state index is 11.7. The molecule has 2 aromatic heterocycles. The Balaban J connectivity index is 1.85. The van der Waals surface area contributed by atoms with E-state index in [0.717, 1.165) is 27.8 Å². The lowest BCUT2D eigenvalue weighted by Crippen LogP contribution is -2.05. The number of imidazole rings is 1. The highest BCUT2D eigenvalue weighted by Crippen LogP contribution is 2.50. The van der Waals surface area contributed by atoms with Gasteiger partial charge in [-0.3, -0.25) is 4.79 Å². The molecule has 0 aliphatic heterocycles. The predicted octanol–water partition coefficient (Wildman–Crippen LogP) is 1.98. The zero-order chi connectivity index (χ0) is 13.9. The van der Waals surface area contributed by atoms with Crippen molar-refractivity contribution >= 4 is 16.9 Å². The second-order valence-electron chi connectivity index (χ2n) is 4.99. The van der Waals surface area contributed by atoms with Gasteiger partial charge < -0.3 is 13.9 Å². The zero-order valence-electron chi connectivity index (χ0n) is 11.2. The van der Waals surface area contributed by atoms with Crippen LogP contribution < -0.4 is 0 Å². The van der Waals surface area contributed by atoms with E-state index in [1.165, 1.54) is 7.11 Å².